The number of furan rings is 1. The second-order valence-electron chi connectivity index (χ2n) is 9.82. The summed E-state index contributed by atoms with van der Waals surface area (Å²) in [5.41, 5.74) is -5.80. The van der Waals surface area contributed by atoms with Crippen molar-refractivity contribution in [2.75, 3.05) is 13.2 Å². The fraction of sp³-hybridized carbons (Fsp3) is 0.538. The summed E-state index contributed by atoms with van der Waals surface area (Å²) in [6.07, 6.45) is -5.69. The number of carbonyl (C=O) groups is 2. The van der Waals surface area contributed by atoms with Crippen molar-refractivity contribution < 1.29 is 41.4 Å². The second-order valence-corrected chi connectivity index (χ2v) is 9.82. The van der Waals surface area contributed by atoms with Gasteiger partial charge in [-0.3, -0.25) is 19.0 Å². The van der Waals surface area contributed by atoms with Gasteiger partial charge in [-0.05, 0) is 39.3 Å². The van der Waals surface area contributed by atoms with Gasteiger partial charge in [0.1, 0.15) is 31.1 Å². The van der Waals surface area contributed by atoms with Crippen LogP contribution in [0.5, 0.6) is 0 Å². The van der Waals surface area contributed by atoms with Crippen LogP contribution in [0.2, 0.25) is 0 Å². The largest absolute Gasteiger partial charge is 0.462 e. The van der Waals surface area contributed by atoms with E-state index in [1.54, 1.807) is 20.8 Å². The molecule has 1 saturated heterocycles. The molecule has 212 valence electrons. The van der Waals surface area contributed by atoms with E-state index in [1.807, 2.05) is 6.92 Å². The van der Waals surface area contributed by atoms with E-state index in [1.165, 1.54) is 6.07 Å². The van der Waals surface area contributed by atoms with E-state index in [4.69, 9.17) is 18.6 Å². The molecule has 0 aromatic carbocycles. The molecule has 0 saturated carbocycles. The molecule has 3 rings (SSSR count). The molecule has 2 aromatic heterocycles. The van der Waals surface area contributed by atoms with Crippen molar-refractivity contribution in [3.63, 3.8) is 0 Å². The minimum Gasteiger partial charge on any atom is -0.462 e. The average Bonchev–Trinajstić information content (AvgIpc) is 3.51. The topological polar surface area (TPSA) is 119 Å². The molecule has 1 aliphatic rings. The lowest BCUT2D eigenvalue weighted by Gasteiger charge is -2.22. The van der Waals surface area contributed by atoms with Crippen molar-refractivity contribution in [3.8, 4) is 11.8 Å². The van der Waals surface area contributed by atoms with E-state index in [2.05, 4.69) is 11.8 Å². The maximum absolute atomic E-state index is 13.8. The molecule has 2 aromatic rings. The molecule has 0 aliphatic carbocycles. The van der Waals surface area contributed by atoms with E-state index in [0.29, 0.717) is 17.2 Å². The van der Waals surface area contributed by atoms with Crippen LogP contribution in [0.4, 0.5) is 13.2 Å². The number of hydrogen-bond acceptors (Lipinski definition) is 8. The zero-order valence-corrected chi connectivity index (χ0v) is 21.9. The summed E-state index contributed by atoms with van der Waals surface area (Å²) in [6, 6.07) is 2.38. The molecule has 1 aliphatic heterocycles. The van der Waals surface area contributed by atoms with Gasteiger partial charge in [0, 0.05) is 19.0 Å². The number of aromatic nitrogens is 2. The number of hydrogen-bond donors (Lipinski definition) is 0. The first-order chi connectivity index (χ1) is 18.3. The lowest BCUT2D eigenvalue weighted by molar-refractivity contribution is -0.160. The zero-order chi connectivity index (χ0) is 29.0. The van der Waals surface area contributed by atoms with E-state index >= 15 is 0 Å². The van der Waals surface area contributed by atoms with Crippen molar-refractivity contribution >= 4 is 11.9 Å². The molecular formula is C26H29F3N2O8. The monoisotopic (exact) mass is 554 g/mol. The molecule has 0 N–H and O–H groups in total. The van der Waals surface area contributed by atoms with Crippen LogP contribution in [-0.2, 0) is 25.2 Å². The average molecular weight is 555 g/mol. The quantitative estimate of drug-likeness (QED) is 0.378. The highest BCUT2D eigenvalue weighted by atomic mass is 19.4. The Morgan fingerprint density at radius 2 is 1.90 bits per heavy atom. The highest BCUT2D eigenvalue weighted by Crippen LogP contribution is 2.32. The van der Waals surface area contributed by atoms with E-state index in [-0.39, 0.29) is 24.2 Å². The molecule has 39 heavy (non-hydrogen) atoms. The summed E-state index contributed by atoms with van der Waals surface area (Å²) in [5, 5.41) is 0. The van der Waals surface area contributed by atoms with Crippen LogP contribution >= 0.6 is 0 Å². The Bertz CT molecular complexity index is 1360. The number of ether oxygens (including phenoxy) is 3. The summed E-state index contributed by atoms with van der Waals surface area (Å²) in [4.78, 5) is 50.9. The number of rotatable bonds is 7. The SMILES string of the molecule is CCCC#CCO[C@H]1C[C@H](n2cc(C(F)(F)F)c(=O)n(C(=O)c3ccco3)c2=O)O[C@@H]1COC(=O)C(C)(C)C. The Morgan fingerprint density at radius 3 is 2.49 bits per heavy atom. The Balaban J connectivity index is 2.00. The lowest BCUT2D eigenvalue weighted by atomic mass is 9.97. The standard InChI is InChI=1S/C26H29F3N2O8/c1-5-6-7-8-11-37-18-13-20(39-19(18)15-38-23(34)25(2,3)4)30-14-16(26(27,28)29)21(32)31(24(30)35)22(33)17-10-9-12-36-17/h9-10,12,14,18-20H,5-6,11,13,15H2,1-4H3/t18-,19+,20+/m0/s1. The van der Waals surface area contributed by atoms with E-state index < -0.39 is 64.5 Å². The molecule has 1 fully saturated rings. The van der Waals surface area contributed by atoms with Crippen LogP contribution in [-0.4, -0.2) is 46.4 Å². The minimum absolute atomic E-state index is 0.0381. The summed E-state index contributed by atoms with van der Waals surface area (Å²) >= 11 is 0. The Labute approximate surface area is 221 Å². The highest BCUT2D eigenvalue weighted by Gasteiger charge is 2.42. The Kier molecular flexibility index (Phi) is 9.24. The molecule has 0 spiro atoms. The first-order valence-electron chi connectivity index (χ1n) is 12.2. The molecule has 3 atom stereocenters. The number of nitrogens with zero attached hydrogens (tertiary/aromatic N) is 2. The predicted octanol–water partition coefficient (Wildman–Crippen LogP) is 3.38. The van der Waals surface area contributed by atoms with Crippen molar-refractivity contribution in [3.05, 3.63) is 56.8 Å². The molecule has 0 unspecified atom stereocenters. The Morgan fingerprint density at radius 1 is 1.18 bits per heavy atom. The second kappa shape index (κ2) is 12.0. The predicted molar refractivity (Wildman–Crippen MR) is 130 cm³/mol. The number of carbonyl (C=O) groups excluding carboxylic acids is 2. The maximum Gasteiger partial charge on any atom is 0.423 e. The first-order valence-corrected chi connectivity index (χ1v) is 12.2. The van der Waals surface area contributed by atoms with Gasteiger partial charge in [-0.2, -0.15) is 17.7 Å². The molecule has 0 radical (unpaired) electrons. The smallest absolute Gasteiger partial charge is 0.423 e. The third-order valence-electron chi connectivity index (χ3n) is 5.71. The minimum atomic E-state index is -5.19. The van der Waals surface area contributed by atoms with Crippen LogP contribution in [0.3, 0.4) is 0 Å². The number of unbranched alkanes of at least 4 members (excludes halogenated alkanes) is 1. The van der Waals surface area contributed by atoms with Gasteiger partial charge in [0.25, 0.3) is 5.56 Å². The molecule has 13 heteroatoms. The van der Waals surface area contributed by atoms with Gasteiger partial charge < -0.3 is 18.6 Å². The van der Waals surface area contributed by atoms with Crippen LogP contribution in [0.25, 0.3) is 0 Å². The summed E-state index contributed by atoms with van der Waals surface area (Å²) < 4.78 is 63.5. The van der Waals surface area contributed by atoms with Crippen molar-refractivity contribution in [1.82, 2.24) is 9.13 Å². The van der Waals surface area contributed by atoms with Gasteiger partial charge in [0.05, 0.1) is 17.8 Å². The summed E-state index contributed by atoms with van der Waals surface area (Å²) in [7, 11) is 0. The van der Waals surface area contributed by atoms with Crippen LogP contribution < -0.4 is 11.2 Å². The third kappa shape index (κ3) is 7.07. The zero-order valence-electron chi connectivity index (χ0n) is 21.9. The lowest BCUT2D eigenvalue weighted by Crippen LogP contribution is -2.47. The van der Waals surface area contributed by atoms with Crippen molar-refractivity contribution in [2.24, 2.45) is 5.41 Å². The van der Waals surface area contributed by atoms with Crippen molar-refractivity contribution in [1.29, 1.82) is 0 Å². The van der Waals surface area contributed by atoms with Gasteiger partial charge in [-0.25, -0.2) is 4.79 Å². The normalized spacial score (nSPS) is 19.4. The molecule has 0 bridgehead atoms. The van der Waals surface area contributed by atoms with Gasteiger partial charge in [-0.1, -0.05) is 12.8 Å². The number of esters is 1. The third-order valence-corrected chi connectivity index (χ3v) is 5.71. The molecule has 0 amide bonds. The van der Waals surface area contributed by atoms with Gasteiger partial charge >= 0.3 is 23.7 Å². The van der Waals surface area contributed by atoms with Gasteiger partial charge in [0.2, 0.25) is 0 Å². The maximum atomic E-state index is 13.8. The first kappa shape index (κ1) is 29.9. The van der Waals surface area contributed by atoms with Crippen LogP contribution in [0, 0.1) is 17.3 Å². The van der Waals surface area contributed by atoms with Crippen LogP contribution in [0.1, 0.15) is 69.3 Å². The van der Waals surface area contributed by atoms with E-state index in [9.17, 15) is 32.3 Å². The van der Waals surface area contributed by atoms with Crippen molar-refractivity contribution in [2.45, 2.75) is 71.6 Å². The molecular weight excluding hydrogens is 525 g/mol. The van der Waals surface area contributed by atoms with Gasteiger partial charge in [-0.15, -0.1) is 5.92 Å². The van der Waals surface area contributed by atoms with E-state index in [0.717, 1.165) is 18.8 Å². The van der Waals surface area contributed by atoms with Gasteiger partial charge in [0.15, 0.2) is 5.76 Å². The fourth-order valence-corrected chi connectivity index (χ4v) is 3.65. The number of halogens is 3. The fourth-order valence-electron chi connectivity index (χ4n) is 3.65. The molecule has 10 nitrogen and oxygen atoms in total. The number of alkyl halides is 3. The summed E-state index contributed by atoms with van der Waals surface area (Å²) in [6.45, 7) is 6.52. The highest BCUT2D eigenvalue weighted by molar-refractivity contribution is 5.93. The Hall–Kier alpha value is -3.63. The molecule has 3 heterocycles. The van der Waals surface area contributed by atoms with Crippen LogP contribution in [0.15, 0.2) is 38.6 Å². The summed E-state index contributed by atoms with van der Waals surface area (Å²) in [5.74, 6) is 3.27.